The zero-order chi connectivity index (χ0) is 23.4. The number of nitrogens with two attached hydrogens (primary N) is 1. The molecule has 1 aliphatic heterocycles. The molecule has 0 bridgehead atoms. The molecule has 4 atom stereocenters. The number of rotatable bonds is 9. The number of para-hydroxylation sites is 1. The molecular weight excluding hydrogens is 451 g/mol. The molecule has 1 fully saturated rings. The van der Waals surface area contributed by atoms with E-state index >= 15 is 0 Å². The van der Waals surface area contributed by atoms with Crippen LogP contribution in [-0.2, 0) is 23.4 Å². The fourth-order valence-corrected chi connectivity index (χ4v) is 5.01. The Bertz CT molecular complexity index is 1160. The second-order valence-corrected chi connectivity index (χ2v) is 9.19. The Morgan fingerprint density at radius 2 is 2.12 bits per heavy atom. The average molecular weight is 476 g/mol. The van der Waals surface area contributed by atoms with Gasteiger partial charge in [0.15, 0.2) is 11.5 Å². The van der Waals surface area contributed by atoms with Crippen LogP contribution in [0.4, 0.5) is 5.82 Å². The van der Waals surface area contributed by atoms with Crippen molar-refractivity contribution in [1.29, 1.82) is 0 Å². The molecule has 0 spiro atoms. The summed E-state index contributed by atoms with van der Waals surface area (Å²) in [6, 6.07) is 7.58. The van der Waals surface area contributed by atoms with Crippen molar-refractivity contribution >= 4 is 30.7 Å². The average Bonchev–Trinajstić information content (AvgIpc) is 3.45. The van der Waals surface area contributed by atoms with Crippen LogP contribution >= 0.6 is 7.75 Å². The predicted octanol–water partition coefficient (Wildman–Crippen LogP) is 2.09. The summed E-state index contributed by atoms with van der Waals surface area (Å²) < 4.78 is 37.1. The van der Waals surface area contributed by atoms with E-state index in [-0.39, 0.29) is 18.8 Å². The Morgan fingerprint density at radius 1 is 1.33 bits per heavy atom. The molecule has 2 aromatic heterocycles. The van der Waals surface area contributed by atoms with Gasteiger partial charge in [-0.25, -0.2) is 19.5 Å². The number of benzene rings is 1. The van der Waals surface area contributed by atoms with Crippen LogP contribution in [-0.4, -0.2) is 58.0 Å². The lowest BCUT2D eigenvalue weighted by Gasteiger charge is -2.23. The number of carbonyl (C=O) groups excluding carboxylic acids is 1. The van der Waals surface area contributed by atoms with Crippen molar-refractivity contribution < 1.29 is 27.9 Å². The van der Waals surface area contributed by atoms with E-state index in [1.54, 1.807) is 36.7 Å². The van der Waals surface area contributed by atoms with Gasteiger partial charge in [0, 0.05) is 0 Å². The van der Waals surface area contributed by atoms with Crippen molar-refractivity contribution in [3.63, 3.8) is 0 Å². The highest BCUT2D eigenvalue weighted by atomic mass is 31.2. The van der Waals surface area contributed by atoms with Gasteiger partial charge in [-0.05, 0) is 25.5 Å². The number of hydrogen-bond acceptors (Lipinski definition) is 10. The fraction of sp³-hybridized carbons (Fsp3) is 0.400. The standard InChI is InChI=1S/C20H25N6O6P/c1-13(20(27)29-2)25-33(28,32-15-6-4-3-5-7-15)31-10-16-8-14(9-30-16)26-12-24-17-18(21)22-11-23-19(17)26/h3-7,11-14,16H,8-10H2,1-2H3,(H,25,28)(H2,21,22,23). The van der Waals surface area contributed by atoms with Crippen molar-refractivity contribution in [2.45, 2.75) is 31.5 Å². The van der Waals surface area contributed by atoms with Crippen LogP contribution < -0.4 is 15.3 Å². The van der Waals surface area contributed by atoms with E-state index < -0.39 is 19.8 Å². The second kappa shape index (κ2) is 9.84. The van der Waals surface area contributed by atoms with E-state index in [0.29, 0.717) is 35.8 Å². The summed E-state index contributed by atoms with van der Waals surface area (Å²) in [5.41, 5.74) is 7.00. The first-order chi connectivity index (χ1) is 15.9. The lowest BCUT2D eigenvalue weighted by Crippen LogP contribution is -2.35. The number of nitrogen functional groups attached to an aromatic ring is 1. The van der Waals surface area contributed by atoms with Crippen LogP contribution in [0.1, 0.15) is 19.4 Å². The third-order valence-electron chi connectivity index (χ3n) is 5.15. The van der Waals surface area contributed by atoms with Gasteiger partial charge < -0.3 is 24.3 Å². The molecule has 3 N–H and O–H groups in total. The van der Waals surface area contributed by atoms with E-state index in [1.807, 2.05) is 4.57 Å². The van der Waals surface area contributed by atoms with Crippen molar-refractivity contribution in [3.8, 4) is 5.75 Å². The highest BCUT2D eigenvalue weighted by molar-refractivity contribution is 7.52. The zero-order valence-corrected chi connectivity index (χ0v) is 19.1. The topological polar surface area (TPSA) is 153 Å². The Hall–Kier alpha value is -3.05. The summed E-state index contributed by atoms with van der Waals surface area (Å²) in [6.07, 6.45) is 3.23. The minimum atomic E-state index is -3.93. The molecule has 176 valence electrons. The van der Waals surface area contributed by atoms with Crippen molar-refractivity contribution in [2.75, 3.05) is 26.1 Å². The maximum atomic E-state index is 13.4. The molecule has 1 aliphatic rings. The number of aromatic nitrogens is 4. The number of nitrogens with one attached hydrogen (secondary N) is 1. The van der Waals surface area contributed by atoms with Gasteiger partial charge >= 0.3 is 13.7 Å². The van der Waals surface area contributed by atoms with Gasteiger partial charge in [0.1, 0.15) is 23.6 Å². The molecule has 1 aromatic carbocycles. The minimum absolute atomic E-state index is 0.0226. The summed E-state index contributed by atoms with van der Waals surface area (Å²) >= 11 is 0. The SMILES string of the molecule is COC(=O)C(C)NP(=O)(OCC1CC(n2cnc3c(N)ncnc32)CO1)Oc1ccccc1. The summed E-state index contributed by atoms with van der Waals surface area (Å²) in [6.45, 7) is 1.88. The summed E-state index contributed by atoms with van der Waals surface area (Å²) in [5, 5.41) is 2.62. The third kappa shape index (κ3) is 5.31. The van der Waals surface area contributed by atoms with Gasteiger partial charge in [0.2, 0.25) is 0 Å². The molecule has 4 rings (SSSR count). The number of esters is 1. The van der Waals surface area contributed by atoms with Crippen LogP contribution in [0.5, 0.6) is 5.75 Å². The Balaban J connectivity index is 1.43. The number of fused-ring (bicyclic) bond motifs is 1. The predicted molar refractivity (Wildman–Crippen MR) is 118 cm³/mol. The van der Waals surface area contributed by atoms with Crippen LogP contribution in [0.2, 0.25) is 0 Å². The Morgan fingerprint density at radius 3 is 2.88 bits per heavy atom. The first-order valence-corrected chi connectivity index (χ1v) is 11.8. The molecule has 33 heavy (non-hydrogen) atoms. The van der Waals surface area contributed by atoms with Crippen LogP contribution in [0.15, 0.2) is 43.0 Å². The molecular formula is C20H25N6O6P. The Labute approximate surface area is 190 Å². The molecule has 0 amide bonds. The molecule has 4 unspecified atom stereocenters. The van der Waals surface area contributed by atoms with E-state index in [0.717, 1.165) is 0 Å². The number of anilines is 1. The first-order valence-electron chi connectivity index (χ1n) is 10.3. The lowest BCUT2D eigenvalue weighted by molar-refractivity contribution is -0.142. The van der Waals surface area contributed by atoms with Crippen molar-refractivity contribution in [3.05, 3.63) is 43.0 Å². The smallest absolute Gasteiger partial charge is 0.459 e. The summed E-state index contributed by atoms with van der Waals surface area (Å²) in [5.74, 6) is 0.0426. The number of hydrogen-bond donors (Lipinski definition) is 2. The maximum absolute atomic E-state index is 13.4. The normalized spacial score (nSPS) is 20.9. The van der Waals surface area contributed by atoms with Gasteiger partial charge in [0.05, 0.1) is 38.8 Å². The quantitative estimate of drug-likeness (QED) is 0.345. The second-order valence-electron chi connectivity index (χ2n) is 7.50. The molecule has 0 radical (unpaired) electrons. The van der Waals surface area contributed by atoms with Gasteiger partial charge in [-0.1, -0.05) is 18.2 Å². The van der Waals surface area contributed by atoms with E-state index in [4.69, 9.17) is 24.3 Å². The molecule has 0 aliphatic carbocycles. The molecule has 12 nitrogen and oxygen atoms in total. The van der Waals surface area contributed by atoms with Crippen LogP contribution in [0, 0.1) is 0 Å². The molecule has 3 aromatic rings. The maximum Gasteiger partial charge on any atom is 0.459 e. The van der Waals surface area contributed by atoms with E-state index in [9.17, 15) is 9.36 Å². The van der Waals surface area contributed by atoms with Crippen LogP contribution in [0.3, 0.4) is 0 Å². The fourth-order valence-electron chi connectivity index (χ4n) is 3.49. The lowest BCUT2D eigenvalue weighted by atomic mass is 10.2. The largest absolute Gasteiger partial charge is 0.468 e. The number of carbonyl (C=O) groups is 1. The zero-order valence-electron chi connectivity index (χ0n) is 18.2. The monoisotopic (exact) mass is 476 g/mol. The third-order valence-corrected chi connectivity index (χ3v) is 6.79. The molecule has 13 heteroatoms. The minimum Gasteiger partial charge on any atom is -0.468 e. The summed E-state index contributed by atoms with van der Waals surface area (Å²) in [7, 11) is -2.68. The highest BCUT2D eigenvalue weighted by Gasteiger charge is 2.35. The van der Waals surface area contributed by atoms with Crippen molar-refractivity contribution in [1.82, 2.24) is 24.6 Å². The van der Waals surface area contributed by atoms with Crippen molar-refractivity contribution in [2.24, 2.45) is 0 Å². The van der Waals surface area contributed by atoms with Crippen LogP contribution in [0.25, 0.3) is 11.2 Å². The number of methoxy groups -OCH3 is 1. The van der Waals surface area contributed by atoms with Gasteiger partial charge in [0.25, 0.3) is 0 Å². The number of ether oxygens (including phenoxy) is 2. The van der Waals surface area contributed by atoms with Gasteiger partial charge in [-0.2, -0.15) is 5.09 Å². The highest BCUT2D eigenvalue weighted by Crippen LogP contribution is 2.45. The van der Waals surface area contributed by atoms with E-state index in [2.05, 4.69) is 20.0 Å². The van der Waals surface area contributed by atoms with Gasteiger partial charge in [-0.3, -0.25) is 9.32 Å². The number of imidazole rings is 1. The van der Waals surface area contributed by atoms with E-state index in [1.165, 1.54) is 20.4 Å². The van der Waals surface area contributed by atoms with Gasteiger partial charge in [-0.15, -0.1) is 0 Å². The Kier molecular flexibility index (Phi) is 6.89. The molecule has 1 saturated heterocycles. The first kappa shape index (κ1) is 23.1. The molecule has 0 saturated carbocycles. The molecule has 3 heterocycles. The summed E-state index contributed by atoms with van der Waals surface area (Å²) in [4.78, 5) is 24.3. The number of nitrogens with zero attached hydrogens (tertiary/aromatic N) is 4.